The smallest absolute Gasteiger partial charge is 0.407 e. The SMILES string of the molecule is CN1C[C@@H]2CN(C(=O)O)CCc3c(Br)cc(Br)c1c32. The molecule has 2 heterocycles. The molecule has 0 bridgehead atoms. The second-order valence-electron chi connectivity index (χ2n) is 5.14. The minimum absolute atomic E-state index is 0.266. The van der Waals surface area contributed by atoms with Crippen LogP contribution in [0.1, 0.15) is 17.0 Å². The van der Waals surface area contributed by atoms with Crippen molar-refractivity contribution in [3.63, 3.8) is 0 Å². The lowest BCUT2D eigenvalue weighted by Gasteiger charge is -2.20. The topological polar surface area (TPSA) is 43.8 Å². The van der Waals surface area contributed by atoms with Crippen molar-refractivity contribution >= 4 is 43.6 Å². The number of likely N-dealkylation sites (N-methyl/N-ethyl adjacent to an activating group) is 1. The zero-order valence-electron chi connectivity index (χ0n) is 10.5. The summed E-state index contributed by atoms with van der Waals surface area (Å²) in [4.78, 5) is 15.0. The largest absolute Gasteiger partial charge is 0.465 e. The number of carbonyl (C=O) groups is 1. The van der Waals surface area contributed by atoms with Crippen LogP contribution in [0, 0.1) is 0 Å². The Morgan fingerprint density at radius 3 is 2.79 bits per heavy atom. The van der Waals surface area contributed by atoms with E-state index >= 15 is 0 Å². The van der Waals surface area contributed by atoms with Gasteiger partial charge in [-0.3, -0.25) is 0 Å². The van der Waals surface area contributed by atoms with Gasteiger partial charge in [-0.1, -0.05) is 15.9 Å². The van der Waals surface area contributed by atoms with E-state index in [1.54, 1.807) is 0 Å². The molecular formula is C13H14Br2N2O2. The summed E-state index contributed by atoms with van der Waals surface area (Å²) < 4.78 is 2.15. The summed E-state index contributed by atoms with van der Waals surface area (Å²) in [6, 6.07) is 2.07. The fourth-order valence-electron chi connectivity index (χ4n) is 3.19. The summed E-state index contributed by atoms with van der Waals surface area (Å²) in [5, 5.41) is 9.25. The fraction of sp³-hybridized carbons (Fsp3) is 0.462. The van der Waals surface area contributed by atoms with Gasteiger partial charge in [-0.15, -0.1) is 0 Å². The average molecular weight is 390 g/mol. The van der Waals surface area contributed by atoms with Crippen LogP contribution in [0.15, 0.2) is 15.0 Å². The summed E-state index contributed by atoms with van der Waals surface area (Å²) >= 11 is 7.24. The van der Waals surface area contributed by atoms with Crippen LogP contribution in [0.3, 0.4) is 0 Å². The summed E-state index contributed by atoms with van der Waals surface area (Å²) in [6.45, 7) is 2.03. The molecule has 1 aromatic carbocycles. The molecule has 1 atom stereocenters. The predicted molar refractivity (Wildman–Crippen MR) is 81.2 cm³/mol. The molecule has 0 aromatic heterocycles. The molecule has 2 aliphatic rings. The van der Waals surface area contributed by atoms with E-state index in [0.29, 0.717) is 13.1 Å². The Bertz CT molecular complexity index is 562. The van der Waals surface area contributed by atoms with Gasteiger partial charge < -0.3 is 14.9 Å². The normalized spacial score (nSPS) is 21.3. The van der Waals surface area contributed by atoms with Gasteiger partial charge in [0, 0.05) is 41.5 Å². The van der Waals surface area contributed by atoms with Crippen LogP contribution in [0.2, 0.25) is 0 Å². The minimum atomic E-state index is -0.820. The first-order valence-electron chi connectivity index (χ1n) is 6.18. The number of rotatable bonds is 0. The van der Waals surface area contributed by atoms with Crippen molar-refractivity contribution in [1.29, 1.82) is 0 Å². The van der Waals surface area contributed by atoms with Crippen molar-refractivity contribution in [2.45, 2.75) is 12.3 Å². The number of amides is 1. The summed E-state index contributed by atoms with van der Waals surface area (Å²) in [5.74, 6) is 0.266. The highest BCUT2D eigenvalue weighted by Crippen LogP contribution is 2.46. The number of halogens is 2. The molecule has 1 amide bonds. The van der Waals surface area contributed by atoms with E-state index in [1.165, 1.54) is 21.7 Å². The number of hydrogen-bond donors (Lipinski definition) is 1. The average Bonchev–Trinajstić information content (AvgIpc) is 2.53. The van der Waals surface area contributed by atoms with E-state index in [1.807, 2.05) is 0 Å². The van der Waals surface area contributed by atoms with Crippen molar-refractivity contribution < 1.29 is 9.90 Å². The van der Waals surface area contributed by atoms with Crippen LogP contribution in [-0.2, 0) is 6.42 Å². The van der Waals surface area contributed by atoms with Gasteiger partial charge in [0.15, 0.2) is 0 Å². The lowest BCUT2D eigenvalue weighted by Crippen LogP contribution is -2.34. The molecule has 3 rings (SSSR count). The third-order valence-corrected chi connectivity index (χ3v) is 5.29. The van der Waals surface area contributed by atoms with E-state index in [-0.39, 0.29) is 5.92 Å². The molecular weight excluding hydrogens is 376 g/mol. The van der Waals surface area contributed by atoms with Crippen molar-refractivity contribution in [2.75, 3.05) is 31.6 Å². The number of anilines is 1. The Kier molecular flexibility index (Phi) is 3.25. The molecule has 4 nitrogen and oxygen atoms in total. The Balaban J connectivity index is 2.13. The van der Waals surface area contributed by atoms with Crippen molar-refractivity contribution in [1.82, 2.24) is 4.90 Å². The molecule has 0 saturated heterocycles. The number of benzene rings is 1. The van der Waals surface area contributed by atoms with Crippen LogP contribution in [-0.4, -0.2) is 42.8 Å². The van der Waals surface area contributed by atoms with E-state index in [4.69, 9.17) is 0 Å². The lowest BCUT2D eigenvalue weighted by atomic mass is 9.95. The number of nitrogens with zero attached hydrogens (tertiary/aromatic N) is 2. The standard InChI is InChI=1S/C13H14Br2N2O2/c1-16-5-7-6-17(13(18)19)3-2-8-9(14)4-10(15)12(16)11(7)8/h4,7H,2-3,5-6H2,1H3,(H,18,19)/t7-/m1/s1. The van der Waals surface area contributed by atoms with Gasteiger partial charge in [0.1, 0.15) is 0 Å². The van der Waals surface area contributed by atoms with Crippen molar-refractivity contribution in [3.05, 3.63) is 26.1 Å². The lowest BCUT2D eigenvalue weighted by molar-refractivity contribution is 0.144. The maximum absolute atomic E-state index is 11.3. The highest BCUT2D eigenvalue weighted by Gasteiger charge is 2.36. The van der Waals surface area contributed by atoms with Gasteiger partial charge in [0.2, 0.25) is 0 Å². The van der Waals surface area contributed by atoms with Crippen LogP contribution >= 0.6 is 31.9 Å². The quantitative estimate of drug-likeness (QED) is 0.740. The van der Waals surface area contributed by atoms with Crippen LogP contribution in [0.25, 0.3) is 0 Å². The molecule has 0 radical (unpaired) electrons. The van der Waals surface area contributed by atoms with Crippen LogP contribution < -0.4 is 4.90 Å². The number of carboxylic acid groups (broad SMARTS) is 1. The zero-order valence-corrected chi connectivity index (χ0v) is 13.7. The minimum Gasteiger partial charge on any atom is -0.465 e. The maximum atomic E-state index is 11.3. The fourth-order valence-corrected chi connectivity index (χ4v) is 4.88. The molecule has 102 valence electrons. The Hall–Kier alpha value is -0.750. The zero-order chi connectivity index (χ0) is 13.7. The second-order valence-corrected chi connectivity index (χ2v) is 6.85. The van der Waals surface area contributed by atoms with Gasteiger partial charge in [0.25, 0.3) is 0 Å². The first kappa shape index (κ1) is 13.2. The first-order chi connectivity index (χ1) is 8.99. The van der Waals surface area contributed by atoms with E-state index < -0.39 is 6.09 Å². The van der Waals surface area contributed by atoms with E-state index in [0.717, 1.165) is 21.9 Å². The Morgan fingerprint density at radius 2 is 2.11 bits per heavy atom. The Labute approximate surface area is 128 Å². The molecule has 0 aliphatic carbocycles. The molecule has 6 heteroatoms. The molecule has 1 aromatic rings. The highest BCUT2D eigenvalue weighted by atomic mass is 79.9. The van der Waals surface area contributed by atoms with Gasteiger partial charge in [-0.25, -0.2) is 4.79 Å². The van der Waals surface area contributed by atoms with Crippen molar-refractivity contribution in [2.24, 2.45) is 0 Å². The van der Waals surface area contributed by atoms with E-state index in [9.17, 15) is 9.90 Å². The molecule has 2 aliphatic heterocycles. The molecule has 0 unspecified atom stereocenters. The summed E-state index contributed by atoms with van der Waals surface area (Å²) in [7, 11) is 2.06. The molecule has 0 spiro atoms. The van der Waals surface area contributed by atoms with Crippen molar-refractivity contribution in [3.8, 4) is 0 Å². The molecule has 0 saturated carbocycles. The van der Waals surface area contributed by atoms with Gasteiger partial charge >= 0.3 is 6.09 Å². The molecule has 0 fully saturated rings. The summed E-state index contributed by atoms with van der Waals surface area (Å²) in [6.07, 6.45) is -0.0496. The first-order valence-corrected chi connectivity index (χ1v) is 7.77. The van der Waals surface area contributed by atoms with Crippen LogP contribution in [0.5, 0.6) is 0 Å². The van der Waals surface area contributed by atoms with Crippen LogP contribution in [0.4, 0.5) is 10.5 Å². The molecule has 1 N–H and O–H groups in total. The monoisotopic (exact) mass is 388 g/mol. The predicted octanol–water partition coefficient (Wildman–Crippen LogP) is 3.28. The highest BCUT2D eigenvalue weighted by molar-refractivity contribution is 9.11. The summed E-state index contributed by atoms with van der Waals surface area (Å²) in [5.41, 5.74) is 3.79. The third kappa shape index (κ3) is 2.05. The van der Waals surface area contributed by atoms with Gasteiger partial charge in [0.05, 0.1) is 5.69 Å². The molecule has 19 heavy (non-hydrogen) atoms. The maximum Gasteiger partial charge on any atom is 0.407 e. The third-order valence-electron chi connectivity index (χ3n) is 3.98. The number of hydrogen-bond acceptors (Lipinski definition) is 2. The van der Waals surface area contributed by atoms with E-state index in [2.05, 4.69) is 49.9 Å². The van der Waals surface area contributed by atoms with Gasteiger partial charge in [-0.2, -0.15) is 0 Å². The van der Waals surface area contributed by atoms with Gasteiger partial charge in [-0.05, 0) is 39.5 Å². The second kappa shape index (κ2) is 4.66. The Morgan fingerprint density at radius 1 is 1.37 bits per heavy atom.